The predicted octanol–water partition coefficient (Wildman–Crippen LogP) is 2.63. The highest BCUT2D eigenvalue weighted by Crippen LogP contribution is 2.28. The molecule has 0 spiro atoms. The number of benzene rings is 2. The zero-order chi connectivity index (χ0) is 20.5. The number of hydrogen-bond donors (Lipinski definition) is 4. The molecule has 1 aliphatic rings. The first-order chi connectivity index (χ1) is 13.9. The van der Waals surface area contributed by atoms with Crippen molar-refractivity contribution >= 4 is 56.9 Å². The molecule has 0 radical (unpaired) electrons. The smallest absolute Gasteiger partial charge is 0.354 e. The second kappa shape index (κ2) is 7.81. The van der Waals surface area contributed by atoms with Gasteiger partial charge in [-0.2, -0.15) is 0 Å². The van der Waals surface area contributed by atoms with Crippen LogP contribution < -0.4 is 10.6 Å². The van der Waals surface area contributed by atoms with E-state index in [4.69, 9.17) is 11.6 Å². The number of rotatable bonds is 4. The van der Waals surface area contributed by atoms with Crippen LogP contribution in [0.15, 0.2) is 53.4 Å². The number of aromatic amines is 1. The molecule has 0 bridgehead atoms. The van der Waals surface area contributed by atoms with Crippen LogP contribution in [0, 0.1) is 0 Å². The van der Waals surface area contributed by atoms with Crippen molar-refractivity contribution in [1.29, 1.82) is 0 Å². The van der Waals surface area contributed by atoms with Crippen LogP contribution in [-0.2, 0) is 20.5 Å². The molecule has 29 heavy (non-hydrogen) atoms. The molecular weight excluding hydrogens is 414 g/mol. The summed E-state index contributed by atoms with van der Waals surface area (Å²) < 4.78 is 0. The van der Waals surface area contributed by atoms with Crippen LogP contribution in [0.1, 0.15) is 10.5 Å². The summed E-state index contributed by atoms with van der Waals surface area (Å²) >= 11 is 5.99. The number of para-hydroxylation sites is 1. The van der Waals surface area contributed by atoms with E-state index in [0.29, 0.717) is 16.4 Å². The number of fused-ring (bicyclic) bond motifs is 2. The Bertz CT molecular complexity index is 1130. The molecule has 0 saturated heterocycles. The van der Waals surface area contributed by atoms with Crippen molar-refractivity contribution in [3.63, 3.8) is 0 Å². The number of carboxylic acids is 1. The second-order valence-corrected chi connectivity index (χ2v) is 9.11. The van der Waals surface area contributed by atoms with Crippen LogP contribution >= 0.6 is 11.6 Å². The van der Waals surface area contributed by atoms with E-state index in [9.17, 15) is 19.5 Å². The summed E-state index contributed by atoms with van der Waals surface area (Å²) in [6.45, 7) is 0. The minimum absolute atomic E-state index is 0.108. The lowest BCUT2D eigenvalue weighted by atomic mass is 10.2. The van der Waals surface area contributed by atoms with Crippen molar-refractivity contribution in [2.75, 3.05) is 16.8 Å². The number of H-pyrrole nitrogens is 1. The van der Waals surface area contributed by atoms with Gasteiger partial charge in [0.2, 0.25) is 5.75 Å². The third-order valence-electron chi connectivity index (χ3n) is 4.57. The third kappa shape index (κ3) is 4.08. The average Bonchev–Trinajstić information content (AvgIpc) is 3.05. The van der Waals surface area contributed by atoms with E-state index < -0.39 is 28.8 Å². The maximum Gasteiger partial charge on any atom is 0.354 e. The molecule has 148 valence electrons. The summed E-state index contributed by atoms with van der Waals surface area (Å²) in [5, 5.41) is 16.2. The Morgan fingerprint density at radius 3 is 2.79 bits per heavy atom. The van der Waals surface area contributed by atoms with E-state index >= 15 is 0 Å². The van der Waals surface area contributed by atoms with Gasteiger partial charge in [0.25, 0.3) is 11.8 Å². The van der Waals surface area contributed by atoms with Crippen LogP contribution in [0.2, 0.25) is 5.02 Å². The summed E-state index contributed by atoms with van der Waals surface area (Å²) in [4.78, 5) is 40.6. The fraction of sp³-hybridized carbons (Fsp3) is 0.150. The lowest BCUT2D eigenvalue weighted by Crippen LogP contribution is -2.47. The zero-order valence-electron chi connectivity index (χ0n) is 15.1. The molecule has 3 aromatic rings. The molecule has 1 aromatic heterocycles. The molecule has 2 unspecified atom stereocenters. The SMILES string of the molecule is O=C(O)C[S+]1CC(NC(=O)c2cc3cc(Cl)ccc3[nH]2)C(=O)Nc2ccccc21. The molecule has 0 fully saturated rings. The van der Waals surface area contributed by atoms with Gasteiger partial charge < -0.3 is 20.7 Å². The van der Waals surface area contributed by atoms with Crippen molar-refractivity contribution in [3.05, 3.63) is 59.2 Å². The van der Waals surface area contributed by atoms with Gasteiger partial charge in [0.05, 0.1) is 5.69 Å². The molecule has 9 heteroatoms. The summed E-state index contributed by atoms with van der Waals surface area (Å²) in [5.74, 6) is -1.65. The summed E-state index contributed by atoms with van der Waals surface area (Å²) in [6.07, 6.45) is 0. The number of anilines is 1. The number of amides is 2. The minimum atomic E-state index is -0.949. The molecule has 2 aromatic carbocycles. The molecule has 7 nitrogen and oxygen atoms in total. The number of carbonyl (C=O) groups is 3. The first-order valence-electron chi connectivity index (χ1n) is 8.79. The molecular formula is C20H17ClN3O4S+. The summed E-state index contributed by atoms with van der Waals surface area (Å²) in [6, 6.07) is 13.2. The number of nitrogens with one attached hydrogen (secondary N) is 3. The summed E-state index contributed by atoms with van der Waals surface area (Å²) in [7, 11) is -0.734. The van der Waals surface area contributed by atoms with Gasteiger partial charge in [-0.15, -0.1) is 0 Å². The fourth-order valence-electron chi connectivity index (χ4n) is 3.26. The first-order valence-corrected chi connectivity index (χ1v) is 10.7. The number of hydrogen-bond acceptors (Lipinski definition) is 3. The standard InChI is InChI=1S/C20H16ClN3O4S/c21-12-5-6-13-11(7-12)8-15(22-13)19(27)24-16-9-29(10-18(25)26)17-4-2-1-3-14(17)23-20(16)28/h1-8,16H,9-10H2,(H3-,22,23,24,25,26,27,28)/p+1. The number of carbonyl (C=O) groups excluding carboxylic acids is 2. The average molecular weight is 431 g/mol. The minimum Gasteiger partial charge on any atom is -0.478 e. The monoisotopic (exact) mass is 430 g/mol. The molecule has 0 aliphatic carbocycles. The van der Waals surface area contributed by atoms with E-state index in [-0.39, 0.29) is 17.4 Å². The quantitative estimate of drug-likeness (QED) is 0.477. The van der Waals surface area contributed by atoms with Crippen LogP contribution in [0.25, 0.3) is 10.9 Å². The lowest BCUT2D eigenvalue weighted by Gasteiger charge is -2.13. The van der Waals surface area contributed by atoms with E-state index in [2.05, 4.69) is 15.6 Å². The number of aliphatic carboxylic acids is 1. The highest BCUT2D eigenvalue weighted by molar-refractivity contribution is 7.97. The highest BCUT2D eigenvalue weighted by atomic mass is 35.5. The van der Waals surface area contributed by atoms with Gasteiger partial charge in [-0.3, -0.25) is 9.59 Å². The number of carboxylic acid groups (broad SMARTS) is 1. The fourth-order valence-corrected chi connectivity index (χ4v) is 5.53. The van der Waals surface area contributed by atoms with Gasteiger partial charge in [0.15, 0.2) is 10.9 Å². The summed E-state index contributed by atoms with van der Waals surface area (Å²) in [5.41, 5.74) is 1.64. The van der Waals surface area contributed by atoms with Crippen LogP contribution in [0.3, 0.4) is 0 Å². The van der Waals surface area contributed by atoms with Crippen molar-refractivity contribution in [1.82, 2.24) is 10.3 Å². The topological polar surface area (TPSA) is 111 Å². The Balaban J connectivity index is 1.59. The van der Waals surface area contributed by atoms with Gasteiger partial charge in [0, 0.05) is 26.8 Å². The molecule has 4 N–H and O–H groups in total. The normalized spacial score (nSPS) is 18.6. The van der Waals surface area contributed by atoms with Gasteiger partial charge in [-0.1, -0.05) is 23.7 Å². The van der Waals surface area contributed by atoms with E-state index in [0.717, 1.165) is 15.8 Å². The van der Waals surface area contributed by atoms with Gasteiger partial charge in [-0.05, 0) is 36.4 Å². The van der Waals surface area contributed by atoms with Crippen molar-refractivity contribution in [3.8, 4) is 0 Å². The Hall–Kier alpha value is -2.97. The highest BCUT2D eigenvalue weighted by Gasteiger charge is 2.39. The van der Waals surface area contributed by atoms with E-state index in [1.807, 2.05) is 6.07 Å². The Kier molecular flexibility index (Phi) is 5.21. The second-order valence-electron chi connectivity index (χ2n) is 6.62. The Morgan fingerprint density at radius 2 is 2.00 bits per heavy atom. The molecule has 2 atom stereocenters. The third-order valence-corrected chi connectivity index (χ3v) is 7.11. The van der Waals surface area contributed by atoms with Gasteiger partial charge in [-0.25, -0.2) is 4.79 Å². The van der Waals surface area contributed by atoms with Gasteiger partial charge in [0.1, 0.15) is 11.4 Å². The Labute approximate surface area is 173 Å². The first kappa shape index (κ1) is 19.4. The largest absolute Gasteiger partial charge is 0.478 e. The van der Waals surface area contributed by atoms with Gasteiger partial charge >= 0.3 is 5.97 Å². The number of halogens is 1. The van der Waals surface area contributed by atoms with Crippen molar-refractivity contribution < 1.29 is 19.5 Å². The van der Waals surface area contributed by atoms with E-state index in [1.54, 1.807) is 42.5 Å². The number of aromatic nitrogens is 1. The molecule has 0 saturated carbocycles. The van der Waals surface area contributed by atoms with Crippen LogP contribution in [-0.4, -0.2) is 45.4 Å². The maximum absolute atomic E-state index is 12.8. The molecule has 1 aliphatic heterocycles. The molecule has 2 amide bonds. The van der Waals surface area contributed by atoms with E-state index in [1.165, 1.54) is 0 Å². The van der Waals surface area contributed by atoms with Crippen LogP contribution in [0.4, 0.5) is 5.69 Å². The van der Waals surface area contributed by atoms with Crippen LogP contribution in [0.5, 0.6) is 0 Å². The molecule has 4 rings (SSSR count). The molecule has 2 heterocycles. The Morgan fingerprint density at radius 1 is 1.21 bits per heavy atom. The van der Waals surface area contributed by atoms with Crippen molar-refractivity contribution in [2.24, 2.45) is 0 Å². The zero-order valence-corrected chi connectivity index (χ0v) is 16.6. The maximum atomic E-state index is 12.8. The predicted molar refractivity (Wildman–Crippen MR) is 113 cm³/mol. The van der Waals surface area contributed by atoms with Crippen molar-refractivity contribution in [2.45, 2.75) is 10.9 Å². The lowest BCUT2D eigenvalue weighted by molar-refractivity contribution is -0.134.